The van der Waals surface area contributed by atoms with E-state index in [9.17, 15) is 4.79 Å². The Morgan fingerprint density at radius 3 is 2.94 bits per heavy atom. The number of carboxylic acid groups (broad SMARTS) is 1. The van der Waals surface area contributed by atoms with Gasteiger partial charge in [0.05, 0.1) is 11.3 Å². The lowest BCUT2D eigenvalue weighted by Gasteiger charge is -2.19. The summed E-state index contributed by atoms with van der Waals surface area (Å²) in [6.45, 7) is 5.59. The minimum absolute atomic E-state index is 0.145. The molecule has 1 aromatic heterocycles. The molecule has 0 amide bonds. The summed E-state index contributed by atoms with van der Waals surface area (Å²) in [4.78, 5) is 15.7. The summed E-state index contributed by atoms with van der Waals surface area (Å²) in [5, 5.41) is 12.4. The van der Waals surface area contributed by atoms with Crippen LogP contribution in [-0.2, 0) is 13.0 Å². The van der Waals surface area contributed by atoms with Crippen LogP contribution < -0.4 is 5.32 Å². The first-order valence-electron chi connectivity index (χ1n) is 5.56. The van der Waals surface area contributed by atoms with E-state index < -0.39 is 5.97 Å². The van der Waals surface area contributed by atoms with Crippen molar-refractivity contribution in [3.63, 3.8) is 0 Å². The normalized spacial score (nSPS) is 14.9. The van der Waals surface area contributed by atoms with E-state index >= 15 is 0 Å². The maximum Gasteiger partial charge on any atom is 0.337 e. The first-order chi connectivity index (χ1) is 7.59. The maximum atomic E-state index is 11.2. The van der Waals surface area contributed by atoms with Gasteiger partial charge < -0.3 is 10.4 Å². The zero-order valence-electron chi connectivity index (χ0n) is 9.58. The predicted molar refractivity (Wildman–Crippen MR) is 60.7 cm³/mol. The highest BCUT2D eigenvalue weighted by molar-refractivity contribution is 5.89. The fourth-order valence-electron chi connectivity index (χ4n) is 2.02. The SMILES string of the molecule is CC(C)c1nc2c(cc1C(=O)O)CNCC2. The molecule has 0 saturated heterocycles. The Labute approximate surface area is 94.7 Å². The van der Waals surface area contributed by atoms with Crippen molar-refractivity contribution in [2.24, 2.45) is 0 Å². The number of pyridine rings is 1. The number of aromatic carboxylic acids is 1. The Morgan fingerprint density at radius 2 is 2.31 bits per heavy atom. The van der Waals surface area contributed by atoms with Crippen molar-refractivity contribution in [3.8, 4) is 0 Å². The fraction of sp³-hybridized carbons (Fsp3) is 0.500. The molecule has 2 heterocycles. The van der Waals surface area contributed by atoms with Crippen LogP contribution in [0.25, 0.3) is 0 Å². The lowest BCUT2D eigenvalue weighted by molar-refractivity contribution is 0.0694. The molecular formula is C12H16N2O2. The highest BCUT2D eigenvalue weighted by atomic mass is 16.4. The highest BCUT2D eigenvalue weighted by Gasteiger charge is 2.19. The van der Waals surface area contributed by atoms with Crippen LogP contribution in [0, 0.1) is 0 Å². The van der Waals surface area contributed by atoms with Crippen molar-refractivity contribution in [2.45, 2.75) is 32.7 Å². The molecule has 0 saturated carbocycles. The Hall–Kier alpha value is -1.42. The number of carboxylic acids is 1. The molecule has 4 nitrogen and oxygen atoms in total. The second-order valence-corrected chi connectivity index (χ2v) is 4.41. The van der Waals surface area contributed by atoms with Crippen LogP contribution in [-0.4, -0.2) is 22.6 Å². The van der Waals surface area contributed by atoms with Gasteiger partial charge in [-0.05, 0) is 17.5 Å². The molecule has 4 heteroatoms. The van der Waals surface area contributed by atoms with E-state index in [1.165, 1.54) is 0 Å². The lowest BCUT2D eigenvalue weighted by atomic mass is 9.98. The van der Waals surface area contributed by atoms with Gasteiger partial charge in [-0.15, -0.1) is 0 Å². The minimum atomic E-state index is -0.885. The Kier molecular flexibility index (Phi) is 2.92. The third-order valence-corrected chi connectivity index (χ3v) is 2.85. The maximum absolute atomic E-state index is 11.2. The zero-order chi connectivity index (χ0) is 11.7. The van der Waals surface area contributed by atoms with E-state index in [2.05, 4.69) is 10.3 Å². The molecule has 2 N–H and O–H groups in total. The molecular weight excluding hydrogens is 204 g/mol. The molecule has 86 valence electrons. The zero-order valence-corrected chi connectivity index (χ0v) is 9.58. The third-order valence-electron chi connectivity index (χ3n) is 2.85. The number of nitrogens with zero attached hydrogens (tertiary/aromatic N) is 1. The van der Waals surface area contributed by atoms with Crippen LogP contribution in [0.3, 0.4) is 0 Å². The molecule has 1 aromatic rings. The van der Waals surface area contributed by atoms with Gasteiger partial charge in [-0.3, -0.25) is 4.98 Å². The van der Waals surface area contributed by atoms with Gasteiger partial charge in [0.1, 0.15) is 0 Å². The topological polar surface area (TPSA) is 62.2 Å². The molecule has 0 unspecified atom stereocenters. The number of aromatic nitrogens is 1. The van der Waals surface area contributed by atoms with Crippen molar-refractivity contribution in [3.05, 3.63) is 28.6 Å². The Bertz CT molecular complexity index is 427. The quantitative estimate of drug-likeness (QED) is 0.793. The van der Waals surface area contributed by atoms with Crippen molar-refractivity contribution < 1.29 is 9.90 Å². The Balaban J connectivity index is 2.54. The number of hydrogen-bond acceptors (Lipinski definition) is 3. The minimum Gasteiger partial charge on any atom is -0.478 e. The van der Waals surface area contributed by atoms with E-state index in [0.29, 0.717) is 11.3 Å². The van der Waals surface area contributed by atoms with E-state index in [1.54, 1.807) is 6.07 Å². The van der Waals surface area contributed by atoms with Gasteiger partial charge in [-0.1, -0.05) is 13.8 Å². The van der Waals surface area contributed by atoms with Crippen molar-refractivity contribution in [1.29, 1.82) is 0 Å². The number of fused-ring (bicyclic) bond motifs is 1. The number of rotatable bonds is 2. The van der Waals surface area contributed by atoms with Crippen LogP contribution >= 0.6 is 0 Å². The molecule has 0 aromatic carbocycles. The van der Waals surface area contributed by atoms with Crippen LogP contribution in [0.4, 0.5) is 0 Å². The summed E-state index contributed by atoms with van der Waals surface area (Å²) in [5.74, 6) is -0.740. The molecule has 2 rings (SSSR count). The second kappa shape index (κ2) is 4.22. The van der Waals surface area contributed by atoms with Gasteiger partial charge in [-0.2, -0.15) is 0 Å². The van der Waals surface area contributed by atoms with Crippen LogP contribution in [0.2, 0.25) is 0 Å². The summed E-state index contributed by atoms with van der Waals surface area (Å²) in [7, 11) is 0. The van der Waals surface area contributed by atoms with Gasteiger partial charge in [0.25, 0.3) is 0 Å². The highest BCUT2D eigenvalue weighted by Crippen LogP contribution is 2.22. The van der Waals surface area contributed by atoms with E-state index in [0.717, 1.165) is 30.8 Å². The first kappa shape index (κ1) is 11.1. The molecule has 0 atom stereocenters. The predicted octanol–water partition coefficient (Wildman–Crippen LogP) is 1.55. The number of nitrogens with one attached hydrogen (secondary N) is 1. The van der Waals surface area contributed by atoms with E-state index in [-0.39, 0.29) is 5.92 Å². The van der Waals surface area contributed by atoms with Crippen molar-refractivity contribution in [2.75, 3.05) is 6.54 Å². The fourth-order valence-corrected chi connectivity index (χ4v) is 2.02. The van der Waals surface area contributed by atoms with Gasteiger partial charge in [0, 0.05) is 25.2 Å². The average molecular weight is 220 g/mol. The van der Waals surface area contributed by atoms with Crippen LogP contribution in [0.1, 0.15) is 47.1 Å². The Morgan fingerprint density at radius 1 is 1.56 bits per heavy atom. The van der Waals surface area contributed by atoms with Gasteiger partial charge in [0.2, 0.25) is 0 Å². The number of hydrogen-bond donors (Lipinski definition) is 2. The van der Waals surface area contributed by atoms with Crippen LogP contribution in [0.15, 0.2) is 6.07 Å². The van der Waals surface area contributed by atoms with Crippen molar-refractivity contribution in [1.82, 2.24) is 10.3 Å². The standard InChI is InChI=1S/C12H16N2O2/c1-7(2)11-9(12(15)16)5-8-6-13-4-3-10(8)14-11/h5,7,13H,3-4,6H2,1-2H3,(H,15,16). The van der Waals surface area contributed by atoms with E-state index in [4.69, 9.17) is 5.11 Å². The summed E-state index contributed by atoms with van der Waals surface area (Å²) in [5.41, 5.74) is 3.12. The van der Waals surface area contributed by atoms with Crippen LogP contribution in [0.5, 0.6) is 0 Å². The molecule has 16 heavy (non-hydrogen) atoms. The van der Waals surface area contributed by atoms with Gasteiger partial charge in [0.15, 0.2) is 0 Å². The van der Waals surface area contributed by atoms with Gasteiger partial charge in [-0.25, -0.2) is 4.79 Å². The third kappa shape index (κ3) is 1.93. The summed E-state index contributed by atoms with van der Waals surface area (Å²) in [6.07, 6.45) is 0.884. The van der Waals surface area contributed by atoms with E-state index in [1.807, 2.05) is 13.8 Å². The largest absolute Gasteiger partial charge is 0.478 e. The number of carbonyl (C=O) groups is 1. The molecule has 0 bridgehead atoms. The molecule has 0 aliphatic carbocycles. The molecule has 0 radical (unpaired) electrons. The van der Waals surface area contributed by atoms with Crippen molar-refractivity contribution >= 4 is 5.97 Å². The van der Waals surface area contributed by atoms with Gasteiger partial charge >= 0.3 is 5.97 Å². The average Bonchev–Trinajstić information content (AvgIpc) is 2.27. The molecule has 1 aliphatic rings. The molecule has 1 aliphatic heterocycles. The first-order valence-corrected chi connectivity index (χ1v) is 5.56. The molecule has 0 fully saturated rings. The second-order valence-electron chi connectivity index (χ2n) is 4.41. The molecule has 0 spiro atoms. The summed E-state index contributed by atoms with van der Waals surface area (Å²) < 4.78 is 0. The lowest BCUT2D eigenvalue weighted by Crippen LogP contribution is -2.26. The summed E-state index contributed by atoms with van der Waals surface area (Å²) >= 11 is 0. The monoisotopic (exact) mass is 220 g/mol. The summed E-state index contributed by atoms with van der Waals surface area (Å²) in [6, 6.07) is 1.77. The smallest absolute Gasteiger partial charge is 0.337 e.